The Bertz CT molecular complexity index is 765. The Morgan fingerprint density at radius 3 is 2.37 bits per heavy atom. The van der Waals surface area contributed by atoms with Crippen LogP contribution in [0.4, 0.5) is 0 Å². The Morgan fingerprint density at radius 1 is 0.963 bits per heavy atom. The van der Waals surface area contributed by atoms with Crippen molar-refractivity contribution in [3.63, 3.8) is 0 Å². The Morgan fingerprint density at radius 2 is 1.70 bits per heavy atom. The van der Waals surface area contributed by atoms with E-state index in [1.807, 2.05) is 6.92 Å². The van der Waals surface area contributed by atoms with E-state index in [2.05, 4.69) is 24.4 Å². The first-order chi connectivity index (χ1) is 13.3. The number of oxazole rings is 1. The fourth-order valence-corrected chi connectivity index (χ4v) is 4.65. The van der Waals surface area contributed by atoms with E-state index in [4.69, 9.17) is 9.52 Å². The van der Waals surface area contributed by atoms with Crippen LogP contribution in [-0.2, 0) is 13.1 Å². The molecule has 2 aromatic heterocycles. The van der Waals surface area contributed by atoms with Gasteiger partial charge in [-0.25, -0.2) is 4.98 Å². The topological polar surface area (TPSA) is 63.2 Å². The van der Waals surface area contributed by atoms with Crippen LogP contribution >= 0.6 is 0 Å². The van der Waals surface area contributed by atoms with Gasteiger partial charge in [-0.15, -0.1) is 10.2 Å². The number of rotatable bonds is 6. The van der Waals surface area contributed by atoms with E-state index >= 15 is 0 Å². The summed E-state index contributed by atoms with van der Waals surface area (Å²) >= 11 is 0. The molecular weight excluding hydrogens is 340 g/mol. The summed E-state index contributed by atoms with van der Waals surface area (Å²) in [6.07, 6.45) is 9.35. The van der Waals surface area contributed by atoms with Crippen molar-refractivity contribution in [1.82, 2.24) is 29.5 Å². The highest BCUT2D eigenvalue weighted by molar-refractivity contribution is 5.09. The third-order valence-corrected chi connectivity index (χ3v) is 6.27. The second kappa shape index (κ2) is 7.36. The summed E-state index contributed by atoms with van der Waals surface area (Å²) in [4.78, 5) is 9.46. The Hall–Kier alpha value is -1.73. The van der Waals surface area contributed by atoms with Gasteiger partial charge in [0.15, 0.2) is 5.89 Å². The number of nitrogens with zero attached hydrogens (tertiary/aromatic N) is 6. The number of likely N-dealkylation sites (tertiary alicyclic amines) is 2. The summed E-state index contributed by atoms with van der Waals surface area (Å²) in [6.45, 7) is 8.39. The van der Waals surface area contributed by atoms with Crippen molar-refractivity contribution >= 4 is 0 Å². The van der Waals surface area contributed by atoms with Crippen molar-refractivity contribution in [1.29, 1.82) is 0 Å². The summed E-state index contributed by atoms with van der Waals surface area (Å²) in [5.41, 5.74) is 1.04. The van der Waals surface area contributed by atoms with E-state index in [9.17, 15) is 0 Å². The minimum atomic E-state index is 0.542. The molecule has 146 valence electrons. The fourth-order valence-electron chi connectivity index (χ4n) is 4.65. The molecule has 2 saturated heterocycles. The van der Waals surface area contributed by atoms with Crippen molar-refractivity contribution in [2.24, 2.45) is 0 Å². The summed E-state index contributed by atoms with van der Waals surface area (Å²) in [6, 6.07) is 0.656. The molecule has 0 radical (unpaired) electrons. The maximum absolute atomic E-state index is 5.34. The van der Waals surface area contributed by atoms with Gasteiger partial charge in [0.2, 0.25) is 0 Å². The van der Waals surface area contributed by atoms with Crippen LogP contribution in [0, 0.1) is 6.92 Å². The average Bonchev–Trinajstić information content (AvgIpc) is 3.05. The van der Waals surface area contributed by atoms with Gasteiger partial charge >= 0.3 is 0 Å². The quantitative estimate of drug-likeness (QED) is 0.779. The normalized spacial score (nSPS) is 22.7. The highest BCUT2D eigenvalue weighted by atomic mass is 16.3. The molecule has 5 rings (SSSR count). The van der Waals surface area contributed by atoms with Gasteiger partial charge < -0.3 is 8.98 Å². The van der Waals surface area contributed by atoms with Gasteiger partial charge in [-0.1, -0.05) is 0 Å². The lowest BCUT2D eigenvalue weighted by Crippen LogP contribution is -2.33. The zero-order valence-electron chi connectivity index (χ0n) is 16.3. The van der Waals surface area contributed by atoms with Crippen LogP contribution in [0.2, 0.25) is 0 Å². The first-order valence-electron chi connectivity index (χ1n) is 10.6. The first kappa shape index (κ1) is 17.4. The molecule has 1 aliphatic carbocycles. The number of hydrogen-bond acceptors (Lipinski definition) is 6. The van der Waals surface area contributed by atoms with Crippen molar-refractivity contribution in [3.05, 3.63) is 29.5 Å². The molecule has 3 aliphatic rings. The molecule has 0 N–H and O–H groups in total. The molecule has 1 saturated carbocycles. The number of hydrogen-bond donors (Lipinski definition) is 0. The molecule has 2 aromatic rings. The van der Waals surface area contributed by atoms with Crippen molar-refractivity contribution in [2.75, 3.05) is 26.2 Å². The first-order valence-corrected chi connectivity index (χ1v) is 10.6. The summed E-state index contributed by atoms with van der Waals surface area (Å²) < 4.78 is 7.85. The van der Waals surface area contributed by atoms with Crippen LogP contribution in [-0.4, -0.2) is 55.7 Å². The van der Waals surface area contributed by atoms with Gasteiger partial charge in [0.05, 0.1) is 12.2 Å². The molecule has 0 aromatic carbocycles. The third kappa shape index (κ3) is 3.80. The van der Waals surface area contributed by atoms with E-state index in [-0.39, 0.29) is 0 Å². The monoisotopic (exact) mass is 370 g/mol. The minimum Gasteiger partial charge on any atom is -0.449 e. The Kier molecular flexibility index (Phi) is 4.73. The molecule has 0 spiro atoms. The second-order valence-corrected chi connectivity index (χ2v) is 8.47. The zero-order valence-corrected chi connectivity index (χ0v) is 16.3. The standard InChI is InChI=1S/C20H30N6O/c1-15-21-17(14-27-15)12-25-10-6-16(7-11-25)20-23-22-19(26(20)18-4-5-18)13-24-8-2-3-9-24/h14,16,18H,2-13H2,1H3. The van der Waals surface area contributed by atoms with Crippen LogP contribution in [0.5, 0.6) is 0 Å². The van der Waals surface area contributed by atoms with E-state index in [0.717, 1.165) is 50.6 Å². The lowest BCUT2D eigenvalue weighted by atomic mass is 9.95. The van der Waals surface area contributed by atoms with Gasteiger partial charge in [-0.05, 0) is 64.7 Å². The highest BCUT2D eigenvalue weighted by Gasteiger charge is 2.34. The fraction of sp³-hybridized carbons (Fsp3) is 0.750. The van der Waals surface area contributed by atoms with Crippen LogP contribution in [0.25, 0.3) is 0 Å². The molecule has 7 heteroatoms. The van der Waals surface area contributed by atoms with Crippen molar-refractivity contribution < 1.29 is 4.42 Å². The maximum atomic E-state index is 5.34. The van der Waals surface area contributed by atoms with Gasteiger partial charge in [-0.2, -0.15) is 0 Å². The van der Waals surface area contributed by atoms with Gasteiger partial charge in [0, 0.05) is 25.4 Å². The number of aryl methyl sites for hydroxylation is 1. The van der Waals surface area contributed by atoms with E-state index < -0.39 is 0 Å². The van der Waals surface area contributed by atoms with Crippen LogP contribution < -0.4 is 0 Å². The molecule has 0 atom stereocenters. The van der Waals surface area contributed by atoms with Crippen molar-refractivity contribution in [2.45, 2.75) is 70.5 Å². The van der Waals surface area contributed by atoms with Crippen LogP contribution in [0.1, 0.15) is 73.7 Å². The van der Waals surface area contributed by atoms with Gasteiger partial charge in [0.1, 0.15) is 17.9 Å². The summed E-state index contributed by atoms with van der Waals surface area (Å²) in [5.74, 6) is 3.75. The zero-order chi connectivity index (χ0) is 18.2. The van der Waals surface area contributed by atoms with E-state index in [1.165, 1.54) is 50.4 Å². The molecule has 3 fully saturated rings. The predicted octanol–water partition coefficient (Wildman–Crippen LogP) is 2.88. The molecule has 4 heterocycles. The summed E-state index contributed by atoms with van der Waals surface area (Å²) in [5, 5.41) is 9.34. The second-order valence-electron chi connectivity index (χ2n) is 8.47. The Labute approximate surface area is 160 Å². The highest BCUT2D eigenvalue weighted by Crippen LogP contribution is 2.40. The molecular formula is C20H30N6O. The molecule has 2 aliphatic heterocycles. The van der Waals surface area contributed by atoms with Gasteiger partial charge in [0.25, 0.3) is 0 Å². The molecule has 7 nitrogen and oxygen atoms in total. The smallest absolute Gasteiger partial charge is 0.191 e. The molecule has 27 heavy (non-hydrogen) atoms. The van der Waals surface area contributed by atoms with Crippen LogP contribution in [0.3, 0.4) is 0 Å². The van der Waals surface area contributed by atoms with Crippen LogP contribution in [0.15, 0.2) is 10.7 Å². The predicted molar refractivity (Wildman–Crippen MR) is 101 cm³/mol. The SMILES string of the molecule is Cc1nc(CN2CCC(c3nnc(CN4CCCC4)n3C3CC3)CC2)co1. The number of piperidine rings is 1. The molecule has 0 bridgehead atoms. The minimum absolute atomic E-state index is 0.542. The number of aromatic nitrogens is 4. The largest absolute Gasteiger partial charge is 0.449 e. The molecule has 0 unspecified atom stereocenters. The molecule has 0 amide bonds. The van der Waals surface area contributed by atoms with E-state index in [0.29, 0.717) is 12.0 Å². The average molecular weight is 371 g/mol. The maximum Gasteiger partial charge on any atom is 0.191 e. The third-order valence-electron chi connectivity index (χ3n) is 6.27. The Balaban J connectivity index is 1.24. The van der Waals surface area contributed by atoms with Gasteiger partial charge in [-0.3, -0.25) is 9.80 Å². The van der Waals surface area contributed by atoms with Crippen molar-refractivity contribution in [3.8, 4) is 0 Å². The lowest BCUT2D eigenvalue weighted by molar-refractivity contribution is 0.197. The van der Waals surface area contributed by atoms with E-state index in [1.54, 1.807) is 6.26 Å². The lowest BCUT2D eigenvalue weighted by Gasteiger charge is -2.31. The summed E-state index contributed by atoms with van der Waals surface area (Å²) in [7, 11) is 0.